The highest BCUT2D eigenvalue weighted by Gasteiger charge is 2.21. The first-order valence-corrected chi connectivity index (χ1v) is 8.44. The molecule has 0 atom stereocenters. The molecule has 4 rings (SSSR count). The molecule has 1 aliphatic heterocycles. The highest BCUT2D eigenvalue weighted by Crippen LogP contribution is 2.36. The highest BCUT2D eigenvalue weighted by atomic mass is 32.1. The van der Waals surface area contributed by atoms with E-state index in [2.05, 4.69) is 9.98 Å². The molecule has 0 unspecified atom stereocenters. The maximum atomic E-state index is 14.1. The van der Waals surface area contributed by atoms with Crippen LogP contribution in [0.3, 0.4) is 0 Å². The number of thiophene rings is 1. The molecule has 0 saturated carbocycles. The number of aromatic nitrogens is 1. The minimum absolute atomic E-state index is 0.0793. The summed E-state index contributed by atoms with van der Waals surface area (Å²) in [7, 11) is 1.94. The van der Waals surface area contributed by atoms with Crippen LogP contribution in [0.5, 0.6) is 11.5 Å². The Morgan fingerprint density at radius 3 is 2.85 bits per heavy atom. The maximum Gasteiger partial charge on any atom is 0.282 e. The van der Waals surface area contributed by atoms with Gasteiger partial charge in [-0.2, -0.15) is 0 Å². The summed E-state index contributed by atoms with van der Waals surface area (Å²) in [5, 5.41) is 10.7. The van der Waals surface area contributed by atoms with Crippen molar-refractivity contribution in [3.05, 3.63) is 57.3 Å². The molecule has 0 saturated heterocycles. The van der Waals surface area contributed by atoms with Crippen LogP contribution in [0.1, 0.15) is 4.88 Å². The van der Waals surface area contributed by atoms with E-state index in [1.165, 1.54) is 23.5 Å². The summed E-state index contributed by atoms with van der Waals surface area (Å²) in [6, 6.07) is 6.85. The zero-order valence-electron chi connectivity index (χ0n) is 13.5. The molecular weight excluding hydrogens is 359 g/mol. The third-order valence-corrected chi connectivity index (χ3v) is 5.00. The number of nitrogens with zero attached hydrogens (tertiary/aromatic N) is 4. The molecule has 0 fully saturated rings. The van der Waals surface area contributed by atoms with Gasteiger partial charge in [0.15, 0.2) is 18.1 Å². The minimum Gasteiger partial charge on any atom is -0.453 e. The summed E-state index contributed by atoms with van der Waals surface area (Å²) in [4.78, 5) is 19.7. The lowest BCUT2D eigenvalue weighted by Crippen LogP contribution is -2.10. The first-order valence-electron chi connectivity index (χ1n) is 7.62. The van der Waals surface area contributed by atoms with E-state index < -0.39 is 10.7 Å². The third-order valence-electron chi connectivity index (χ3n) is 3.82. The van der Waals surface area contributed by atoms with E-state index in [4.69, 9.17) is 4.74 Å². The van der Waals surface area contributed by atoms with E-state index in [1.54, 1.807) is 18.6 Å². The Balaban J connectivity index is 1.69. The van der Waals surface area contributed by atoms with Crippen molar-refractivity contribution in [2.24, 2.45) is 4.99 Å². The van der Waals surface area contributed by atoms with Crippen molar-refractivity contribution in [3.63, 3.8) is 0 Å². The lowest BCUT2D eigenvalue weighted by Gasteiger charge is -2.07. The Kier molecular flexibility index (Phi) is 3.92. The summed E-state index contributed by atoms with van der Waals surface area (Å²) in [5.41, 5.74) is 1.33. The van der Waals surface area contributed by atoms with Gasteiger partial charge in [0, 0.05) is 18.3 Å². The van der Waals surface area contributed by atoms with Gasteiger partial charge in [-0.25, -0.2) is 4.39 Å². The summed E-state index contributed by atoms with van der Waals surface area (Å²) in [6.07, 6.45) is 3.34. The first-order chi connectivity index (χ1) is 12.5. The van der Waals surface area contributed by atoms with Gasteiger partial charge in [-0.15, -0.1) is 11.3 Å². The van der Waals surface area contributed by atoms with Crippen LogP contribution < -0.4 is 4.74 Å². The summed E-state index contributed by atoms with van der Waals surface area (Å²) in [6.45, 7) is 0.708. The second-order valence-electron chi connectivity index (χ2n) is 5.71. The molecule has 3 heterocycles. The van der Waals surface area contributed by atoms with Gasteiger partial charge in [-0.3, -0.25) is 19.7 Å². The number of rotatable bonds is 4. The van der Waals surface area contributed by atoms with Crippen LogP contribution in [-0.4, -0.2) is 40.1 Å². The Morgan fingerprint density at radius 2 is 2.15 bits per heavy atom. The second-order valence-corrected chi connectivity index (χ2v) is 6.77. The number of fused-ring (bicyclic) bond motifs is 1. The zero-order chi connectivity index (χ0) is 18.3. The van der Waals surface area contributed by atoms with Crippen molar-refractivity contribution in [2.75, 3.05) is 13.6 Å². The van der Waals surface area contributed by atoms with Crippen LogP contribution in [0, 0.1) is 15.9 Å². The van der Waals surface area contributed by atoms with Crippen LogP contribution in [0.2, 0.25) is 0 Å². The number of benzene rings is 1. The smallest absolute Gasteiger partial charge is 0.282 e. The maximum absolute atomic E-state index is 14.1. The van der Waals surface area contributed by atoms with Crippen molar-refractivity contribution < 1.29 is 18.6 Å². The van der Waals surface area contributed by atoms with Gasteiger partial charge in [-0.1, -0.05) is 0 Å². The van der Waals surface area contributed by atoms with Gasteiger partial charge < -0.3 is 4.74 Å². The van der Waals surface area contributed by atoms with E-state index in [-0.39, 0.29) is 11.4 Å². The fourth-order valence-corrected chi connectivity index (χ4v) is 3.62. The van der Waals surface area contributed by atoms with Crippen LogP contribution >= 0.6 is 11.3 Å². The fourth-order valence-electron chi connectivity index (χ4n) is 2.57. The third kappa shape index (κ3) is 2.93. The van der Waals surface area contributed by atoms with Crippen molar-refractivity contribution in [2.45, 2.75) is 0 Å². The number of pyridine rings is 1. The quantitative estimate of drug-likeness (QED) is 0.399. The number of halogens is 1. The molecule has 0 aliphatic carbocycles. The molecule has 2 aromatic heterocycles. The number of hydrogen-bond acceptors (Lipinski definition) is 6. The molecule has 0 N–H and O–H groups in total. The fraction of sp³-hybridized carbons (Fsp3) is 0.118. The molecule has 9 heteroatoms. The van der Waals surface area contributed by atoms with Crippen molar-refractivity contribution in [1.29, 1.82) is 0 Å². The van der Waals surface area contributed by atoms with E-state index >= 15 is 0 Å². The molecular formula is C17H12FN4O3S+. The molecule has 0 amide bonds. The Labute approximate surface area is 150 Å². The topological polar surface area (TPSA) is 80.6 Å². The van der Waals surface area contributed by atoms with Crippen LogP contribution in [0.25, 0.3) is 10.2 Å². The lowest BCUT2D eigenvalue weighted by molar-refractivity contribution is -0.473. The molecule has 1 aromatic carbocycles. The van der Waals surface area contributed by atoms with E-state index in [0.29, 0.717) is 12.3 Å². The number of ether oxygens (including phenoxy) is 1. The Morgan fingerprint density at radius 1 is 1.31 bits per heavy atom. The van der Waals surface area contributed by atoms with Crippen molar-refractivity contribution in [3.8, 4) is 11.5 Å². The molecule has 3 aromatic rings. The molecule has 7 nitrogen and oxygen atoms in total. The predicted molar refractivity (Wildman–Crippen MR) is 96.4 cm³/mol. The SMILES string of the molecule is C[N+]1=CN=C(c2cc3nccc(Oc4ccc([N+](=O)[O-])cc4F)c3s2)C1. The standard InChI is InChI=1S/C17H12FN4O3S/c1-21-8-13(20-9-21)16-7-12-17(26-16)15(4-5-19-12)25-14-3-2-10(22(23)24)6-11(14)18/h2-7,9H,8H2,1H3/q+1. The molecule has 26 heavy (non-hydrogen) atoms. The van der Waals surface area contributed by atoms with Gasteiger partial charge in [0.05, 0.1) is 33.1 Å². The van der Waals surface area contributed by atoms with Gasteiger partial charge in [0.2, 0.25) is 5.71 Å². The highest BCUT2D eigenvalue weighted by molar-refractivity contribution is 7.21. The molecule has 0 bridgehead atoms. The van der Waals surface area contributed by atoms with Crippen LogP contribution in [0.15, 0.2) is 41.5 Å². The van der Waals surface area contributed by atoms with Gasteiger partial charge in [0.25, 0.3) is 12.0 Å². The predicted octanol–water partition coefficient (Wildman–Crippen LogP) is 3.61. The summed E-state index contributed by atoms with van der Waals surface area (Å²) in [5.74, 6) is -0.434. The number of likely N-dealkylation sites (N-methyl/N-ethyl adjacent to an activating group) is 1. The van der Waals surface area contributed by atoms with Crippen LogP contribution in [-0.2, 0) is 0 Å². The van der Waals surface area contributed by atoms with Gasteiger partial charge in [-0.05, 0) is 17.1 Å². The van der Waals surface area contributed by atoms with E-state index in [1.807, 2.05) is 17.7 Å². The Hall–Kier alpha value is -3.20. The zero-order valence-corrected chi connectivity index (χ0v) is 14.4. The van der Waals surface area contributed by atoms with Crippen molar-refractivity contribution >= 4 is 39.3 Å². The Bertz CT molecular complexity index is 1110. The van der Waals surface area contributed by atoms with E-state index in [9.17, 15) is 14.5 Å². The minimum atomic E-state index is -0.794. The molecule has 1 aliphatic rings. The van der Waals surface area contributed by atoms with E-state index in [0.717, 1.165) is 26.9 Å². The van der Waals surface area contributed by atoms with Gasteiger partial charge >= 0.3 is 0 Å². The first kappa shape index (κ1) is 16.3. The average Bonchev–Trinajstić information content (AvgIpc) is 3.23. The number of nitro groups is 1. The van der Waals surface area contributed by atoms with Crippen molar-refractivity contribution in [1.82, 2.24) is 4.98 Å². The van der Waals surface area contributed by atoms with Gasteiger partial charge in [0.1, 0.15) is 5.75 Å². The normalized spacial score (nSPS) is 13.6. The summed E-state index contributed by atoms with van der Waals surface area (Å²) < 4.78 is 22.5. The number of aliphatic imine (C=N–C) groups is 1. The molecule has 0 spiro atoms. The largest absolute Gasteiger partial charge is 0.453 e. The van der Waals surface area contributed by atoms with Crippen LogP contribution in [0.4, 0.5) is 10.1 Å². The number of nitro benzene ring substituents is 1. The lowest BCUT2D eigenvalue weighted by atomic mass is 10.2. The molecule has 0 radical (unpaired) electrons. The molecule has 130 valence electrons. The number of hydrogen-bond donors (Lipinski definition) is 0. The average molecular weight is 371 g/mol. The number of non-ortho nitro benzene ring substituents is 1. The summed E-state index contributed by atoms with van der Waals surface area (Å²) >= 11 is 1.46. The second kappa shape index (κ2) is 6.26. The monoisotopic (exact) mass is 371 g/mol.